The highest BCUT2D eigenvalue weighted by molar-refractivity contribution is 7.97. The second-order valence-corrected chi connectivity index (χ2v) is 4.80. The second kappa shape index (κ2) is 4.32. The van der Waals surface area contributed by atoms with Crippen LogP contribution in [0.4, 0.5) is 4.39 Å². The molecule has 1 fully saturated rings. The van der Waals surface area contributed by atoms with E-state index in [1.807, 2.05) is 12.1 Å². The zero-order valence-corrected chi connectivity index (χ0v) is 9.06. The van der Waals surface area contributed by atoms with Crippen LogP contribution in [0.3, 0.4) is 0 Å². The number of benzene rings is 1. The number of hydrogen-bond acceptors (Lipinski definition) is 2. The van der Waals surface area contributed by atoms with Crippen LogP contribution in [-0.4, -0.2) is 16.9 Å². The third kappa shape index (κ3) is 2.28. The zero-order chi connectivity index (χ0) is 9.97. The molecule has 0 aromatic heterocycles. The molecule has 1 unspecified atom stereocenters. The molecule has 0 saturated carbocycles. The van der Waals surface area contributed by atoms with Crippen molar-refractivity contribution in [2.45, 2.75) is 30.7 Å². The van der Waals surface area contributed by atoms with E-state index in [9.17, 15) is 4.39 Å². The summed E-state index contributed by atoms with van der Waals surface area (Å²) in [6.45, 7) is 3.38. The van der Waals surface area contributed by atoms with Gasteiger partial charge in [-0.15, -0.1) is 0 Å². The van der Waals surface area contributed by atoms with Gasteiger partial charge in [-0.25, -0.2) is 8.70 Å². The Morgan fingerprint density at radius 1 is 1.36 bits per heavy atom. The van der Waals surface area contributed by atoms with Crippen LogP contribution in [0.15, 0.2) is 29.2 Å². The predicted octanol–water partition coefficient (Wildman–Crippen LogP) is 3.32. The lowest BCUT2D eigenvalue weighted by Gasteiger charge is -2.19. The number of rotatable bonds is 2. The number of halogens is 1. The van der Waals surface area contributed by atoms with Crippen molar-refractivity contribution < 1.29 is 4.39 Å². The molecule has 1 heterocycles. The molecular formula is C11H14FNS. The molecule has 2 rings (SSSR count). The van der Waals surface area contributed by atoms with E-state index in [0.29, 0.717) is 6.04 Å². The van der Waals surface area contributed by atoms with Crippen LogP contribution < -0.4 is 0 Å². The van der Waals surface area contributed by atoms with Gasteiger partial charge < -0.3 is 0 Å². The fourth-order valence-electron chi connectivity index (χ4n) is 1.67. The van der Waals surface area contributed by atoms with Gasteiger partial charge in [-0.2, -0.15) is 0 Å². The predicted molar refractivity (Wildman–Crippen MR) is 57.7 cm³/mol. The van der Waals surface area contributed by atoms with Crippen molar-refractivity contribution in [2.75, 3.05) is 6.54 Å². The molecule has 1 aromatic rings. The Morgan fingerprint density at radius 3 is 2.64 bits per heavy atom. The summed E-state index contributed by atoms with van der Waals surface area (Å²) in [4.78, 5) is 1.13. The minimum atomic E-state index is -0.163. The van der Waals surface area contributed by atoms with Crippen molar-refractivity contribution in [3.8, 4) is 0 Å². The van der Waals surface area contributed by atoms with Crippen molar-refractivity contribution in [1.82, 2.24) is 4.31 Å². The fraction of sp³-hybridized carbons (Fsp3) is 0.455. The first-order valence-electron chi connectivity index (χ1n) is 4.96. The molecule has 0 aliphatic carbocycles. The van der Waals surface area contributed by atoms with Gasteiger partial charge in [-0.05, 0) is 56.0 Å². The Bertz CT molecular complexity index is 299. The lowest BCUT2D eigenvalue weighted by atomic mass is 10.3. The smallest absolute Gasteiger partial charge is 0.123 e. The third-order valence-electron chi connectivity index (χ3n) is 2.53. The summed E-state index contributed by atoms with van der Waals surface area (Å²) in [6, 6.07) is 7.35. The molecule has 0 bridgehead atoms. The first kappa shape index (κ1) is 9.99. The Labute approximate surface area is 88.4 Å². The van der Waals surface area contributed by atoms with E-state index in [0.717, 1.165) is 11.4 Å². The average Bonchev–Trinajstić information content (AvgIpc) is 2.56. The highest BCUT2D eigenvalue weighted by Gasteiger charge is 2.20. The van der Waals surface area contributed by atoms with Crippen molar-refractivity contribution in [2.24, 2.45) is 0 Å². The second-order valence-electron chi connectivity index (χ2n) is 3.68. The first-order chi connectivity index (χ1) is 6.75. The topological polar surface area (TPSA) is 3.24 Å². The highest BCUT2D eigenvalue weighted by Crippen LogP contribution is 2.30. The largest absolute Gasteiger partial charge is 0.244 e. The van der Waals surface area contributed by atoms with E-state index < -0.39 is 0 Å². The highest BCUT2D eigenvalue weighted by atomic mass is 32.2. The summed E-state index contributed by atoms with van der Waals surface area (Å²) >= 11 is 1.73. The molecule has 1 atom stereocenters. The van der Waals surface area contributed by atoms with Crippen LogP contribution in [-0.2, 0) is 0 Å². The Kier molecular flexibility index (Phi) is 3.08. The van der Waals surface area contributed by atoms with Crippen molar-refractivity contribution >= 4 is 11.9 Å². The van der Waals surface area contributed by atoms with Gasteiger partial charge in [-0.3, -0.25) is 0 Å². The molecule has 0 spiro atoms. The quantitative estimate of drug-likeness (QED) is 0.690. The van der Waals surface area contributed by atoms with Gasteiger partial charge >= 0.3 is 0 Å². The normalized spacial score (nSPS) is 22.9. The summed E-state index contributed by atoms with van der Waals surface area (Å²) < 4.78 is 15.0. The van der Waals surface area contributed by atoms with E-state index in [-0.39, 0.29) is 5.82 Å². The van der Waals surface area contributed by atoms with E-state index >= 15 is 0 Å². The van der Waals surface area contributed by atoms with Gasteiger partial charge in [-0.1, -0.05) is 0 Å². The van der Waals surface area contributed by atoms with Crippen LogP contribution in [0.2, 0.25) is 0 Å². The van der Waals surface area contributed by atoms with Crippen molar-refractivity contribution in [3.05, 3.63) is 30.1 Å². The van der Waals surface area contributed by atoms with E-state index in [1.54, 1.807) is 11.9 Å². The summed E-state index contributed by atoms with van der Waals surface area (Å²) in [5.74, 6) is -0.163. The first-order valence-corrected chi connectivity index (χ1v) is 5.73. The van der Waals surface area contributed by atoms with Crippen LogP contribution in [0, 0.1) is 5.82 Å². The molecule has 1 aliphatic rings. The molecule has 0 amide bonds. The molecule has 1 aliphatic heterocycles. The summed E-state index contributed by atoms with van der Waals surface area (Å²) in [6.07, 6.45) is 2.55. The van der Waals surface area contributed by atoms with Crippen molar-refractivity contribution in [1.29, 1.82) is 0 Å². The minimum Gasteiger partial charge on any atom is -0.244 e. The van der Waals surface area contributed by atoms with Crippen LogP contribution >= 0.6 is 11.9 Å². The molecular weight excluding hydrogens is 197 g/mol. The maximum atomic E-state index is 12.7. The molecule has 0 radical (unpaired) electrons. The maximum absolute atomic E-state index is 12.7. The van der Waals surface area contributed by atoms with Gasteiger partial charge in [0.05, 0.1) is 0 Å². The van der Waals surface area contributed by atoms with Gasteiger partial charge in [0.25, 0.3) is 0 Å². The van der Waals surface area contributed by atoms with Crippen LogP contribution in [0.5, 0.6) is 0 Å². The standard InChI is InChI=1S/C11H14FNS/c1-9-3-2-8-13(9)14-11-6-4-10(12)5-7-11/h4-7,9H,2-3,8H2,1H3. The lowest BCUT2D eigenvalue weighted by molar-refractivity contribution is 0.467. The van der Waals surface area contributed by atoms with Gasteiger partial charge in [0.2, 0.25) is 0 Å². The zero-order valence-electron chi connectivity index (χ0n) is 8.24. The van der Waals surface area contributed by atoms with Crippen LogP contribution in [0.25, 0.3) is 0 Å². The van der Waals surface area contributed by atoms with Crippen LogP contribution in [0.1, 0.15) is 19.8 Å². The average molecular weight is 211 g/mol. The Balaban J connectivity index is 2.00. The lowest BCUT2D eigenvalue weighted by Crippen LogP contribution is -2.18. The molecule has 3 heteroatoms. The van der Waals surface area contributed by atoms with Gasteiger partial charge in [0.1, 0.15) is 5.82 Å². The maximum Gasteiger partial charge on any atom is 0.123 e. The molecule has 1 nitrogen and oxygen atoms in total. The third-order valence-corrected chi connectivity index (χ3v) is 3.79. The monoisotopic (exact) mass is 211 g/mol. The van der Waals surface area contributed by atoms with E-state index in [4.69, 9.17) is 0 Å². The molecule has 14 heavy (non-hydrogen) atoms. The summed E-state index contributed by atoms with van der Waals surface area (Å²) in [5.41, 5.74) is 0. The number of nitrogens with zero attached hydrogens (tertiary/aromatic N) is 1. The Hall–Kier alpha value is -0.540. The summed E-state index contributed by atoms with van der Waals surface area (Å²) in [7, 11) is 0. The van der Waals surface area contributed by atoms with Gasteiger partial charge in [0.15, 0.2) is 0 Å². The fourth-order valence-corrected chi connectivity index (χ4v) is 2.71. The van der Waals surface area contributed by atoms with E-state index in [1.165, 1.54) is 25.0 Å². The molecule has 0 N–H and O–H groups in total. The van der Waals surface area contributed by atoms with E-state index in [2.05, 4.69) is 11.2 Å². The summed E-state index contributed by atoms with van der Waals surface area (Å²) in [5, 5.41) is 0. The van der Waals surface area contributed by atoms with Crippen molar-refractivity contribution in [3.63, 3.8) is 0 Å². The van der Waals surface area contributed by atoms with Gasteiger partial charge in [0, 0.05) is 17.5 Å². The number of hydrogen-bond donors (Lipinski definition) is 0. The molecule has 1 saturated heterocycles. The molecule has 1 aromatic carbocycles. The molecule has 76 valence electrons. The Morgan fingerprint density at radius 2 is 2.07 bits per heavy atom. The minimum absolute atomic E-state index is 0.163. The SMILES string of the molecule is CC1CCCN1Sc1ccc(F)cc1.